The Kier molecular flexibility index (Phi) is 2.94. The molecule has 0 spiro atoms. The third kappa shape index (κ3) is 2.31. The molecule has 2 nitrogen and oxygen atoms in total. The molecular weight excluding hydrogens is 184 g/mol. The number of anilines is 1. The highest BCUT2D eigenvalue weighted by molar-refractivity contribution is 5.40. The molecule has 15 heavy (non-hydrogen) atoms. The molecule has 1 aromatic heterocycles. The lowest BCUT2D eigenvalue weighted by atomic mass is 10.1. The molecule has 1 aromatic rings. The summed E-state index contributed by atoms with van der Waals surface area (Å²) in [7, 11) is 0. The van der Waals surface area contributed by atoms with E-state index in [0.29, 0.717) is 5.92 Å². The van der Waals surface area contributed by atoms with Gasteiger partial charge in [0.05, 0.1) is 0 Å². The average molecular weight is 204 g/mol. The van der Waals surface area contributed by atoms with Gasteiger partial charge in [-0.1, -0.05) is 26.8 Å². The van der Waals surface area contributed by atoms with E-state index in [2.05, 4.69) is 42.8 Å². The molecule has 0 radical (unpaired) electrons. The van der Waals surface area contributed by atoms with Gasteiger partial charge < -0.3 is 4.90 Å². The summed E-state index contributed by atoms with van der Waals surface area (Å²) in [6.45, 7) is 9.04. The van der Waals surface area contributed by atoms with Crippen LogP contribution < -0.4 is 4.90 Å². The van der Waals surface area contributed by atoms with Crippen molar-refractivity contribution in [3.63, 3.8) is 0 Å². The Morgan fingerprint density at radius 3 is 2.67 bits per heavy atom. The van der Waals surface area contributed by atoms with E-state index < -0.39 is 0 Å². The van der Waals surface area contributed by atoms with E-state index in [4.69, 9.17) is 0 Å². The van der Waals surface area contributed by atoms with Crippen molar-refractivity contribution < 1.29 is 0 Å². The van der Waals surface area contributed by atoms with Crippen molar-refractivity contribution in [1.29, 1.82) is 0 Å². The lowest BCUT2D eigenvalue weighted by Crippen LogP contribution is -2.20. The topological polar surface area (TPSA) is 16.1 Å². The smallest absolute Gasteiger partial charge is 0.128 e. The first-order valence-electron chi connectivity index (χ1n) is 5.87. The van der Waals surface area contributed by atoms with Crippen molar-refractivity contribution in [1.82, 2.24) is 4.98 Å². The second-order valence-corrected chi connectivity index (χ2v) is 4.94. The molecule has 0 unspecified atom stereocenters. The standard InChI is InChI=1S/C13H20N2/c1-10(2)12-4-5-13(14-8-12)15-7-6-11(3)9-15/h4-5,8,10-11H,6-7,9H2,1-3H3/t11-/m0/s1. The van der Waals surface area contributed by atoms with Crippen molar-refractivity contribution in [3.8, 4) is 0 Å². The van der Waals surface area contributed by atoms with Crippen LogP contribution in [0.15, 0.2) is 18.3 Å². The molecule has 0 N–H and O–H groups in total. The Labute approximate surface area is 92.3 Å². The fourth-order valence-electron chi connectivity index (χ4n) is 2.07. The molecule has 1 fully saturated rings. The van der Waals surface area contributed by atoms with Gasteiger partial charge in [-0.15, -0.1) is 0 Å². The molecule has 1 saturated heterocycles. The van der Waals surface area contributed by atoms with E-state index in [1.54, 1.807) is 0 Å². The first-order valence-corrected chi connectivity index (χ1v) is 5.87. The predicted molar refractivity (Wildman–Crippen MR) is 64.3 cm³/mol. The minimum absolute atomic E-state index is 0.573. The highest BCUT2D eigenvalue weighted by Crippen LogP contribution is 2.22. The number of nitrogens with zero attached hydrogens (tertiary/aromatic N) is 2. The summed E-state index contributed by atoms with van der Waals surface area (Å²) in [5.74, 6) is 2.53. The monoisotopic (exact) mass is 204 g/mol. The average Bonchev–Trinajstić information content (AvgIpc) is 2.65. The SMILES string of the molecule is CC(C)c1ccc(N2CC[C@H](C)C2)nc1. The zero-order chi connectivity index (χ0) is 10.8. The molecule has 1 atom stereocenters. The Morgan fingerprint density at radius 1 is 1.40 bits per heavy atom. The Balaban J connectivity index is 2.10. The number of hydrogen-bond donors (Lipinski definition) is 0. The van der Waals surface area contributed by atoms with Gasteiger partial charge in [-0.25, -0.2) is 4.98 Å². The molecule has 2 heteroatoms. The maximum atomic E-state index is 4.54. The van der Waals surface area contributed by atoms with E-state index in [9.17, 15) is 0 Å². The molecule has 1 aliphatic rings. The van der Waals surface area contributed by atoms with Crippen molar-refractivity contribution >= 4 is 5.82 Å². The highest BCUT2D eigenvalue weighted by atomic mass is 15.2. The van der Waals surface area contributed by atoms with Crippen molar-refractivity contribution in [2.24, 2.45) is 5.92 Å². The second-order valence-electron chi connectivity index (χ2n) is 4.94. The highest BCUT2D eigenvalue weighted by Gasteiger charge is 2.19. The molecule has 0 amide bonds. The molecule has 2 heterocycles. The number of aromatic nitrogens is 1. The lowest BCUT2D eigenvalue weighted by molar-refractivity contribution is 0.659. The summed E-state index contributed by atoms with van der Waals surface area (Å²) in [6, 6.07) is 4.36. The van der Waals surface area contributed by atoms with E-state index in [-0.39, 0.29) is 0 Å². The zero-order valence-electron chi connectivity index (χ0n) is 9.90. The van der Waals surface area contributed by atoms with E-state index >= 15 is 0 Å². The molecular formula is C13H20N2. The summed E-state index contributed by atoms with van der Waals surface area (Å²) in [5.41, 5.74) is 1.32. The third-order valence-electron chi connectivity index (χ3n) is 3.19. The lowest BCUT2D eigenvalue weighted by Gasteiger charge is -2.17. The van der Waals surface area contributed by atoms with Crippen LogP contribution in [0, 0.1) is 5.92 Å². The van der Waals surface area contributed by atoms with Crippen molar-refractivity contribution in [2.45, 2.75) is 33.1 Å². The summed E-state index contributed by atoms with van der Waals surface area (Å²) >= 11 is 0. The molecule has 0 aliphatic carbocycles. The van der Waals surface area contributed by atoms with E-state index in [1.165, 1.54) is 12.0 Å². The summed E-state index contributed by atoms with van der Waals surface area (Å²) in [5, 5.41) is 0. The maximum absolute atomic E-state index is 4.54. The van der Waals surface area contributed by atoms with Gasteiger partial charge in [0, 0.05) is 19.3 Å². The van der Waals surface area contributed by atoms with Gasteiger partial charge >= 0.3 is 0 Å². The molecule has 0 saturated carbocycles. The summed E-state index contributed by atoms with van der Waals surface area (Å²) in [6.07, 6.45) is 3.32. The maximum Gasteiger partial charge on any atom is 0.128 e. The normalized spacial score (nSPS) is 21.3. The number of pyridine rings is 1. The number of hydrogen-bond acceptors (Lipinski definition) is 2. The Hall–Kier alpha value is -1.05. The summed E-state index contributed by atoms with van der Waals surface area (Å²) < 4.78 is 0. The van der Waals surface area contributed by atoms with Crippen LogP contribution >= 0.6 is 0 Å². The first-order chi connectivity index (χ1) is 7.16. The quantitative estimate of drug-likeness (QED) is 0.736. The molecule has 0 bridgehead atoms. The van der Waals surface area contributed by atoms with Crippen LogP contribution in [0.3, 0.4) is 0 Å². The second kappa shape index (κ2) is 4.21. The van der Waals surface area contributed by atoms with Gasteiger partial charge in [0.2, 0.25) is 0 Å². The molecule has 1 aliphatic heterocycles. The minimum atomic E-state index is 0.573. The minimum Gasteiger partial charge on any atom is -0.356 e. The molecule has 2 rings (SSSR count). The van der Waals surface area contributed by atoms with Gasteiger partial charge in [-0.3, -0.25) is 0 Å². The van der Waals surface area contributed by atoms with Crippen LogP contribution in [0.1, 0.15) is 38.7 Å². The van der Waals surface area contributed by atoms with E-state index in [1.807, 2.05) is 6.20 Å². The van der Waals surface area contributed by atoms with E-state index in [0.717, 1.165) is 24.8 Å². The van der Waals surface area contributed by atoms with Gasteiger partial charge in [0.15, 0.2) is 0 Å². The van der Waals surface area contributed by atoms with Crippen LogP contribution in [0.5, 0.6) is 0 Å². The summed E-state index contributed by atoms with van der Waals surface area (Å²) in [4.78, 5) is 6.93. The van der Waals surface area contributed by atoms with Gasteiger partial charge in [0.25, 0.3) is 0 Å². The van der Waals surface area contributed by atoms with Crippen molar-refractivity contribution in [2.75, 3.05) is 18.0 Å². The van der Waals surface area contributed by atoms with Crippen LogP contribution in [-0.2, 0) is 0 Å². The molecule has 82 valence electrons. The van der Waals surface area contributed by atoms with Crippen LogP contribution in [-0.4, -0.2) is 18.1 Å². The van der Waals surface area contributed by atoms with Gasteiger partial charge in [-0.2, -0.15) is 0 Å². The Bertz CT molecular complexity index is 316. The van der Waals surface area contributed by atoms with Gasteiger partial charge in [0.1, 0.15) is 5.82 Å². The van der Waals surface area contributed by atoms with Crippen LogP contribution in [0.4, 0.5) is 5.82 Å². The third-order valence-corrected chi connectivity index (χ3v) is 3.19. The zero-order valence-corrected chi connectivity index (χ0v) is 9.90. The number of rotatable bonds is 2. The fourth-order valence-corrected chi connectivity index (χ4v) is 2.07. The van der Waals surface area contributed by atoms with Crippen LogP contribution in [0.25, 0.3) is 0 Å². The first kappa shape index (κ1) is 10.5. The Morgan fingerprint density at radius 2 is 2.20 bits per heavy atom. The largest absolute Gasteiger partial charge is 0.356 e. The van der Waals surface area contributed by atoms with Crippen LogP contribution in [0.2, 0.25) is 0 Å². The predicted octanol–water partition coefficient (Wildman–Crippen LogP) is 3.05. The fraction of sp³-hybridized carbons (Fsp3) is 0.615. The van der Waals surface area contributed by atoms with Gasteiger partial charge in [-0.05, 0) is 29.9 Å². The molecule has 0 aromatic carbocycles. The van der Waals surface area contributed by atoms with Crippen molar-refractivity contribution in [3.05, 3.63) is 23.9 Å².